The number of nitrogens with one attached hydrogen (secondary N) is 1. The van der Waals surface area contributed by atoms with Gasteiger partial charge in [0.15, 0.2) is 5.82 Å². The van der Waals surface area contributed by atoms with Gasteiger partial charge in [0, 0.05) is 29.1 Å². The van der Waals surface area contributed by atoms with Gasteiger partial charge in [0.2, 0.25) is 11.8 Å². The summed E-state index contributed by atoms with van der Waals surface area (Å²) >= 11 is 6.14. The fraction of sp³-hybridized carbons (Fsp3) is 0.263. The van der Waals surface area contributed by atoms with Crippen molar-refractivity contribution in [3.63, 3.8) is 0 Å². The molecule has 2 aromatic rings. The van der Waals surface area contributed by atoms with Gasteiger partial charge in [-0.3, -0.25) is 9.59 Å². The lowest BCUT2D eigenvalue weighted by atomic mass is 10.0. The molecule has 0 aliphatic heterocycles. The zero-order valence-electron chi connectivity index (χ0n) is 13.8. The van der Waals surface area contributed by atoms with Crippen molar-refractivity contribution < 1.29 is 14.0 Å². The minimum Gasteiger partial charge on any atom is -0.331 e. The monoisotopic (exact) mass is 360 g/mol. The first-order chi connectivity index (χ1) is 12.0. The van der Waals surface area contributed by atoms with E-state index in [9.17, 15) is 14.0 Å². The summed E-state index contributed by atoms with van der Waals surface area (Å²) in [5.41, 5.74) is 0.942. The summed E-state index contributed by atoms with van der Waals surface area (Å²) in [6.07, 6.45) is 1.81. The highest BCUT2D eigenvalue weighted by atomic mass is 35.5. The Kier molecular flexibility index (Phi) is 5.04. The third-order valence-electron chi connectivity index (χ3n) is 4.14. The SMILES string of the molecule is CC(=O)N(CC(=O)Nc1cccc(-c2ccccc2Cl)c1F)C1CC1. The van der Waals surface area contributed by atoms with E-state index in [1.54, 1.807) is 36.4 Å². The fourth-order valence-electron chi connectivity index (χ4n) is 2.74. The van der Waals surface area contributed by atoms with Crippen LogP contribution in [0.5, 0.6) is 0 Å². The number of carbonyl (C=O) groups excluding carboxylic acids is 2. The van der Waals surface area contributed by atoms with Crippen LogP contribution in [-0.2, 0) is 9.59 Å². The molecule has 2 aromatic carbocycles. The lowest BCUT2D eigenvalue weighted by molar-refractivity contribution is -0.133. The number of carbonyl (C=O) groups is 2. The van der Waals surface area contributed by atoms with E-state index in [4.69, 9.17) is 11.6 Å². The van der Waals surface area contributed by atoms with Crippen molar-refractivity contribution in [1.82, 2.24) is 4.90 Å². The van der Waals surface area contributed by atoms with Gasteiger partial charge in [0.25, 0.3) is 0 Å². The standard InChI is InChI=1S/C19H18ClFN2O2/c1-12(24)23(13-9-10-13)11-18(25)22-17-8-4-6-15(19(17)21)14-5-2-3-7-16(14)20/h2-8,13H,9-11H2,1H3,(H,22,25). The summed E-state index contributed by atoms with van der Waals surface area (Å²) in [4.78, 5) is 25.4. The molecule has 1 aliphatic carbocycles. The molecule has 1 aliphatic rings. The molecule has 6 heteroatoms. The summed E-state index contributed by atoms with van der Waals surface area (Å²) in [5, 5.41) is 2.99. The Morgan fingerprint density at radius 2 is 1.84 bits per heavy atom. The van der Waals surface area contributed by atoms with Gasteiger partial charge in [-0.2, -0.15) is 0 Å². The highest BCUT2D eigenvalue weighted by Gasteiger charge is 2.32. The molecule has 0 unspecified atom stereocenters. The Morgan fingerprint density at radius 1 is 1.16 bits per heavy atom. The zero-order valence-corrected chi connectivity index (χ0v) is 14.5. The predicted octanol–water partition coefficient (Wildman–Crippen LogP) is 4.10. The van der Waals surface area contributed by atoms with Crippen molar-refractivity contribution in [2.24, 2.45) is 0 Å². The van der Waals surface area contributed by atoms with Crippen molar-refractivity contribution in [2.45, 2.75) is 25.8 Å². The summed E-state index contributed by atoms with van der Waals surface area (Å²) in [6, 6.07) is 11.8. The maximum absolute atomic E-state index is 14.8. The van der Waals surface area contributed by atoms with Crippen molar-refractivity contribution in [3.05, 3.63) is 53.3 Å². The Labute approximate surface area is 150 Å². The van der Waals surface area contributed by atoms with Crippen LogP contribution in [0.3, 0.4) is 0 Å². The van der Waals surface area contributed by atoms with E-state index in [1.807, 2.05) is 0 Å². The van der Waals surface area contributed by atoms with Gasteiger partial charge >= 0.3 is 0 Å². The highest BCUT2D eigenvalue weighted by molar-refractivity contribution is 6.33. The summed E-state index contributed by atoms with van der Waals surface area (Å²) in [5.74, 6) is -1.12. The molecule has 130 valence electrons. The van der Waals surface area contributed by atoms with Gasteiger partial charge < -0.3 is 10.2 Å². The molecule has 0 spiro atoms. The summed E-state index contributed by atoms with van der Waals surface area (Å²) < 4.78 is 14.8. The van der Waals surface area contributed by atoms with Crippen LogP contribution >= 0.6 is 11.6 Å². The first-order valence-corrected chi connectivity index (χ1v) is 8.45. The summed E-state index contributed by atoms with van der Waals surface area (Å²) in [6.45, 7) is 1.36. The second-order valence-electron chi connectivity index (χ2n) is 6.07. The molecule has 0 atom stereocenters. The van der Waals surface area contributed by atoms with Crippen LogP contribution in [0.1, 0.15) is 19.8 Å². The third-order valence-corrected chi connectivity index (χ3v) is 4.47. The molecular weight excluding hydrogens is 343 g/mol. The average Bonchev–Trinajstić information content (AvgIpc) is 3.40. The van der Waals surface area contributed by atoms with Crippen molar-refractivity contribution >= 4 is 29.1 Å². The molecule has 1 fully saturated rings. The Morgan fingerprint density at radius 3 is 2.48 bits per heavy atom. The quantitative estimate of drug-likeness (QED) is 0.872. The molecule has 0 aromatic heterocycles. The normalized spacial score (nSPS) is 13.4. The van der Waals surface area contributed by atoms with Gasteiger partial charge in [-0.25, -0.2) is 4.39 Å². The van der Waals surface area contributed by atoms with Crippen molar-refractivity contribution in [2.75, 3.05) is 11.9 Å². The zero-order chi connectivity index (χ0) is 18.0. The molecule has 0 bridgehead atoms. The smallest absolute Gasteiger partial charge is 0.244 e. The minimum absolute atomic E-state index is 0.0710. The predicted molar refractivity (Wildman–Crippen MR) is 95.9 cm³/mol. The number of hydrogen-bond acceptors (Lipinski definition) is 2. The van der Waals surface area contributed by atoms with Gasteiger partial charge in [0.1, 0.15) is 6.54 Å². The Balaban J connectivity index is 1.79. The maximum atomic E-state index is 14.8. The van der Waals surface area contributed by atoms with E-state index in [-0.39, 0.29) is 24.2 Å². The molecule has 0 saturated heterocycles. The lowest BCUT2D eigenvalue weighted by Gasteiger charge is -2.20. The van der Waals surface area contributed by atoms with Crippen LogP contribution in [0.25, 0.3) is 11.1 Å². The molecule has 25 heavy (non-hydrogen) atoms. The van der Waals surface area contributed by atoms with Crippen LogP contribution in [-0.4, -0.2) is 29.3 Å². The van der Waals surface area contributed by atoms with Crippen molar-refractivity contribution in [3.8, 4) is 11.1 Å². The number of benzene rings is 2. The van der Waals surface area contributed by atoms with Crippen molar-refractivity contribution in [1.29, 1.82) is 0 Å². The van der Waals surface area contributed by atoms with Gasteiger partial charge in [-0.05, 0) is 25.0 Å². The minimum atomic E-state index is -0.551. The summed E-state index contributed by atoms with van der Waals surface area (Å²) in [7, 11) is 0. The van der Waals surface area contributed by atoms with E-state index in [0.29, 0.717) is 16.1 Å². The largest absolute Gasteiger partial charge is 0.331 e. The van der Waals surface area contributed by atoms with Crippen LogP contribution in [0.15, 0.2) is 42.5 Å². The first-order valence-electron chi connectivity index (χ1n) is 8.08. The van der Waals surface area contributed by atoms with Gasteiger partial charge in [0.05, 0.1) is 5.69 Å². The second-order valence-corrected chi connectivity index (χ2v) is 6.48. The number of amides is 2. The van der Waals surface area contributed by atoms with Gasteiger partial charge in [-0.15, -0.1) is 0 Å². The molecule has 1 saturated carbocycles. The molecule has 4 nitrogen and oxygen atoms in total. The number of hydrogen-bond donors (Lipinski definition) is 1. The van der Waals surface area contributed by atoms with Gasteiger partial charge in [-0.1, -0.05) is 41.9 Å². The van der Waals surface area contributed by atoms with E-state index in [0.717, 1.165) is 12.8 Å². The van der Waals surface area contributed by atoms with Crippen LogP contribution in [0, 0.1) is 5.82 Å². The average molecular weight is 361 g/mol. The molecule has 1 N–H and O–H groups in total. The fourth-order valence-corrected chi connectivity index (χ4v) is 2.98. The molecule has 2 amide bonds. The highest BCUT2D eigenvalue weighted by Crippen LogP contribution is 2.32. The molecule has 0 radical (unpaired) electrons. The van der Waals surface area contributed by atoms with E-state index in [2.05, 4.69) is 5.32 Å². The topological polar surface area (TPSA) is 49.4 Å². The Hall–Kier alpha value is -2.40. The van der Waals surface area contributed by atoms with E-state index < -0.39 is 11.7 Å². The third kappa shape index (κ3) is 3.99. The van der Waals surface area contributed by atoms with E-state index >= 15 is 0 Å². The second kappa shape index (κ2) is 7.23. The first kappa shape index (κ1) is 17.4. The van der Waals surface area contributed by atoms with Crippen LogP contribution < -0.4 is 5.32 Å². The molecule has 3 rings (SSSR count). The van der Waals surface area contributed by atoms with Crippen LogP contribution in [0.4, 0.5) is 10.1 Å². The van der Waals surface area contributed by atoms with Crippen LogP contribution in [0.2, 0.25) is 5.02 Å². The number of nitrogens with zero attached hydrogens (tertiary/aromatic N) is 1. The molecule has 0 heterocycles. The maximum Gasteiger partial charge on any atom is 0.244 e. The Bertz CT molecular complexity index is 821. The number of rotatable bonds is 5. The number of halogens is 2. The molecular formula is C19H18ClFN2O2. The number of anilines is 1. The van der Waals surface area contributed by atoms with E-state index in [1.165, 1.54) is 17.9 Å². The lowest BCUT2D eigenvalue weighted by Crippen LogP contribution is -2.38.